The minimum atomic E-state index is 0.789. The van der Waals surface area contributed by atoms with Crippen molar-refractivity contribution in [3.05, 3.63) is 0 Å². The Balaban J connectivity index is 1.33. The van der Waals surface area contributed by atoms with Crippen LogP contribution in [0.4, 0.5) is 0 Å². The van der Waals surface area contributed by atoms with Crippen LogP contribution in [0.3, 0.4) is 0 Å². The predicted octanol–water partition coefficient (Wildman–Crippen LogP) is 3.89. The predicted molar refractivity (Wildman–Crippen MR) is 74.6 cm³/mol. The molecule has 0 aliphatic heterocycles. The second-order valence-electron chi connectivity index (χ2n) is 6.37. The van der Waals surface area contributed by atoms with Crippen LogP contribution in [0.1, 0.15) is 52.4 Å². The van der Waals surface area contributed by atoms with Gasteiger partial charge in [0.2, 0.25) is 0 Å². The van der Waals surface area contributed by atoms with E-state index in [9.17, 15) is 0 Å². The average Bonchev–Trinajstić information content (AvgIpc) is 2.27. The number of ether oxygens (including phenoxy) is 2. The summed E-state index contributed by atoms with van der Waals surface area (Å²) in [7, 11) is 0. The van der Waals surface area contributed by atoms with Gasteiger partial charge < -0.3 is 9.47 Å². The first kappa shape index (κ1) is 14.3. The van der Waals surface area contributed by atoms with Crippen LogP contribution in [0.2, 0.25) is 0 Å². The summed E-state index contributed by atoms with van der Waals surface area (Å²) < 4.78 is 11.4. The van der Waals surface area contributed by atoms with Crippen LogP contribution in [0.15, 0.2) is 0 Å². The van der Waals surface area contributed by atoms with Crippen molar-refractivity contribution in [2.24, 2.45) is 23.7 Å². The molecule has 0 atom stereocenters. The summed E-state index contributed by atoms with van der Waals surface area (Å²) in [6.07, 6.45) is 8.24. The molecule has 0 radical (unpaired) electrons. The maximum atomic E-state index is 5.68. The van der Waals surface area contributed by atoms with E-state index in [1.54, 1.807) is 0 Å². The van der Waals surface area contributed by atoms with Crippen molar-refractivity contribution in [3.8, 4) is 0 Å². The molecule has 2 aliphatic rings. The van der Waals surface area contributed by atoms with E-state index in [1.165, 1.54) is 38.5 Å². The molecule has 2 aliphatic carbocycles. The standard InChI is InChI=1S/C16H30O2/c1-3-13-7-15(8-13)11-17-5-6-18-12-16-9-14(4-2)10-16/h13-16H,3-12H2,1-2H3. The van der Waals surface area contributed by atoms with Gasteiger partial charge in [0.05, 0.1) is 13.2 Å². The van der Waals surface area contributed by atoms with Crippen molar-refractivity contribution in [3.63, 3.8) is 0 Å². The van der Waals surface area contributed by atoms with E-state index in [4.69, 9.17) is 9.47 Å². The monoisotopic (exact) mass is 254 g/mol. The first-order valence-corrected chi connectivity index (χ1v) is 7.97. The van der Waals surface area contributed by atoms with E-state index in [2.05, 4.69) is 13.8 Å². The van der Waals surface area contributed by atoms with E-state index in [-0.39, 0.29) is 0 Å². The highest BCUT2D eigenvalue weighted by atomic mass is 16.5. The fraction of sp³-hybridized carbons (Fsp3) is 1.00. The van der Waals surface area contributed by atoms with Crippen LogP contribution >= 0.6 is 0 Å². The Kier molecular flexibility index (Phi) is 5.97. The van der Waals surface area contributed by atoms with E-state index >= 15 is 0 Å². The van der Waals surface area contributed by atoms with Gasteiger partial charge in [0.1, 0.15) is 0 Å². The fourth-order valence-corrected chi connectivity index (χ4v) is 3.30. The van der Waals surface area contributed by atoms with Gasteiger partial charge in [-0.1, -0.05) is 26.7 Å². The molecule has 2 rings (SSSR count). The van der Waals surface area contributed by atoms with Crippen molar-refractivity contribution in [2.45, 2.75) is 52.4 Å². The summed E-state index contributed by atoms with van der Waals surface area (Å²) in [6.45, 7) is 8.08. The summed E-state index contributed by atoms with van der Waals surface area (Å²) in [6, 6.07) is 0. The zero-order valence-electron chi connectivity index (χ0n) is 12.2. The maximum absolute atomic E-state index is 5.68. The Hall–Kier alpha value is -0.0800. The molecule has 0 amide bonds. The SMILES string of the molecule is CCC1CC(COCCOCC2CC(CC)C2)C1. The molecule has 2 nitrogen and oxygen atoms in total. The molecule has 0 aromatic heterocycles. The Morgan fingerprint density at radius 2 is 1.06 bits per heavy atom. The van der Waals surface area contributed by atoms with E-state index in [1.807, 2.05) is 0 Å². The smallest absolute Gasteiger partial charge is 0.0700 e. The lowest BCUT2D eigenvalue weighted by molar-refractivity contribution is -0.0136. The number of rotatable bonds is 9. The molecular formula is C16H30O2. The van der Waals surface area contributed by atoms with Crippen LogP contribution in [-0.4, -0.2) is 26.4 Å². The molecule has 0 N–H and O–H groups in total. The van der Waals surface area contributed by atoms with E-state index < -0.39 is 0 Å². The average molecular weight is 254 g/mol. The van der Waals surface area contributed by atoms with Gasteiger partial charge in [-0.25, -0.2) is 0 Å². The van der Waals surface area contributed by atoms with Gasteiger partial charge in [0.15, 0.2) is 0 Å². The van der Waals surface area contributed by atoms with Crippen LogP contribution in [0.5, 0.6) is 0 Å². The first-order chi connectivity index (χ1) is 8.81. The fourth-order valence-electron chi connectivity index (χ4n) is 3.30. The topological polar surface area (TPSA) is 18.5 Å². The summed E-state index contributed by atoms with van der Waals surface area (Å²) in [5, 5.41) is 0. The van der Waals surface area contributed by atoms with E-state index in [0.29, 0.717) is 0 Å². The van der Waals surface area contributed by atoms with Crippen molar-refractivity contribution in [1.29, 1.82) is 0 Å². The lowest BCUT2D eigenvalue weighted by atomic mass is 9.74. The highest BCUT2D eigenvalue weighted by molar-refractivity contribution is 4.78. The largest absolute Gasteiger partial charge is 0.379 e. The van der Waals surface area contributed by atoms with Gasteiger partial charge >= 0.3 is 0 Å². The number of hydrogen-bond acceptors (Lipinski definition) is 2. The van der Waals surface area contributed by atoms with Gasteiger partial charge in [0, 0.05) is 13.2 Å². The maximum Gasteiger partial charge on any atom is 0.0700 e. The van der Waals surface area contributed by atoms with Crippen LogP contribution < -0.4 is 0 Å². The van der Waals surface area contributed by atoms with Crippen LogP contribution in [0, 0.1) is 23.7 Å². The molecule has 0 aromatic rings. The summed E-state index contributed by atoms with van der Waals surface area (Å²) >= 11 is 0. The third-order valence-electron chi connectivity index (χ3n) is 4.90. The molecule has 2 saturated carbocycles. The molecular weight excluding hydrogens is 224 g/mol. The normalized spacial score (nSPS) is 35.0. The van der Waals surface area contributed by atoms with Gasteiger partial charge in [0.25, 0.3) is 0 Å². The number of hydrogen-bond donors (Lipinski definition) is 0. The molecule has 0 unspecified atom stereocenters. The second-order valence-corrected chi connectivity index (χ2v) is 6.37. The molecule has 0 spiro atoms. The summed E-state index contributed by atoms with van der Waals surface area (Å²) in [4.78, 5) is 0. The van der Waals surface area contributed by atoms with Crippen LogP contribution in [0.25, 0.3) is 0 Å². The summed E-state index contributed by atoms with van der Waals surface area (Å²) in [5.74, 6) is 3.65. The highest BCUT2D eigenvalue weighted by Gasteiger charge is 2.28. The minimum Gasteiger partial charge on any atom is -0.379 e. The van der Waals surface area contributed by atoms with Crippen molar-refractivity contribution in [2.75, 3.05) is 26.4 Å². The molecule has 2 fully saturated rings. The quantitative estimate of drug-likeness (QED) is 0.581. The van der Waals surface area contributed by atoms with Crippen molar-refractivity contribution in [1.82, 2.24) is 0 Å². The molecule has 0 saturated heterocycles. The molecule has 0 heterocycles. The zero-order chi connectivity index (χ0) is 12.8. The highest BCUT2D eigenvalue weighted by Crippen LogP contribution is 2.36. The Morgan fingerprint density at radius 3 is 1.39 bits per heavy atom. The van der Waals surface area contributed by atoms with Gasteiger partial charge in [-0.3, -0.25) is 0 Å². The van der Waals surface area contributed by atoms with E-state index in [0.717, 1.165) is 50.1 Å². The minimum absolute atomic E-state index is 0.789. The molecule has 2 heteroatoms. The Labute approximate surface area is 112 Å². The van der Waals surface area contributed by atoms with Gasteiger partial charge in [-0.15, -0.1) is 0 Å². The van der Waals surface area contributed by atoms with Crippen molar-refractivity contribution >= 4 is 0 Å². The Bertz CT molecular complexity index is 193. The van der Waals surface area contributed by atoms with Crippen LogP contribution in [-0.2, 0) is 9.47 Å². The molecule has 106 valence electrons. The first-order valence-electron chi connectivity index (χ1n) is 7.97. The van der Waals surface area contributed by atoms with Gasteiger partial charge in [-0.05, 0) is 49.4 Å². The van der Waals surface area contributed by atoms with Gasteiger partial charge in [-0.2, -0.15) is 0 Å². The lowest BCUT2D eigenvalue weighted by Gasteiger charge is -2.35. The third kappa shape index (κ3) is 4.24. The molecule has 0 aromatic carbocycles. The Morgan fingerprint density at radius 1 is 0.667 bits per heavy atom. The van der Waals surface area contributed by atoms with Crippen molar-refractivity contribution < 1.29 is 9.47 Å². The second kappa shape index (κ2) is 7.49. The molecule has 0 bridgehead atoms. The zero-order valence-corrected chi connectivity index (χ0v) is 12.2. The molecule has 18 heavy (non-hydrogen) atoms. The lowest BCUT2D eigenvalue weighted by Crippen LogP contribution is -2.28. The third-order valence-corrected chi connectivity index (χ3v) is 4.90. The summed E-state index contributed by atoms with van der Waals surface area (Å²) in [5.41, 5.74) is 0.